The van der Waals surface area contributed by atoms with Crippen LogP contribution in [-0.4, -0.2) is 35.8 Å². The SMILES string of the molecule is O=C(Oc1c(Br)cc(Br)cc1C=NN1C(=O)[C@@H]2[C@H](C1=O)[C@H]1C=C[C@H]2C1)c1ccc2c(c1)OCO2. The number of benzene rings is 2. The zero-order chi connectivity index (χ0) is 23.6. The zero-order valence-electron chi connectivity index (χ0n) is 17.4. The normalized spacial score (nSPS) is 26.1. The number of fused-ring (bicyclic) bond motifs is 6. The van der Waals surface area contributed by atoms with Gasteiger partial charge >= 0.3 is 5.97 Å². The van der Waals surface area contributed by atoms with Gasteiger partial charge in [0.05, 0.1) is 28.1 Å². The topological polar surface area (TPSA) is 94.5 Å². The molecule has 2 aliphatic heterocycles. The van der Waals surface area contributed by atoms with E-state index >= 15 is 0 Å². The van der Waals surface area contributed by atoms with Crippen molar-refractivity contribution >= 4 is 55.9 Å². The van der Waals surface area contributed by atoms with Gasteiger partial charge < -0.3 is 14.2 Å². The Bertz CT molecular complexity index is 1290. The van der Waals surface area contributed by atoms with Gasteiger partial charge in [-0.25, -0.2) is 4.79 Å². The fraction of sp³-hybridized carbons (Fsp3) is 0.250. The van der Waals surface area contributed by atoms with E-state index in [0.29, 0.717) is 26.0 Å². The van der Waals surface area contributed by atoms with Crippen molar-refractivity contribution in [3.63, 3.8) is 0 Å². The Morgan fingerprint density at radius 3 is 2.47 bits per heavy atom. The first kappa shape index (κ1) is 21.5. The van der Waals surface area contributed by atoms with Crippen molar-refractivity contribution in [2.75, 3.05) is 6.79 Å². The van der Waals surface area contributed by atoms with E-state index in [1.165, 1.54) is 6.21 Å². The van der Waals surface area contributed by atoms with E-state index in [-0.39, 0.29) is 53.6 Å². The smallest absolute Gasteiger partial charge is 0.343 e. The van der Waals surface area contributed by atoms with Gasteiger partial charge in [-0.1, -0.05) is 28.1 Å². The molecule has 2 fully saturated rings. The quantitative estimate of drug-likeness (QED) is 0.174. The number of carbonyl (C=O) groups excluding carboxylic acids is 3. The summed E-state index contributed by atoms with van der Waals surface area (Å²) in [5.41, 5.74) is 0.691. The average Bonchev–Trinajstić information content (AvgIpc) is 3.59. The van der Waals surface area contributed by atoms with Crippen LogP contribution in [0.1, 0.15) is 22.3 Å². The van der Waals surface area contributed by atoms with Crippen molar-refractivity contribution in [3.8, 4) is 17.2 Å². The van der Waals surface area contributed by atoms with E-state index in [9.17, 15) is 14.4 Å². The zero-order valence-corrected chi connectivity index (χ0v) is 20.6. The fourth-order valence-corrected chi connectivity index (χ4v) is 6.42. The van der Waals surface area contributed by atoms with Gasteiger partial charge in [0.1, 0.15) is 0 Å². The molecule has 8 nitrogen and oxygen atoms in total. The highest BCUT2D eigenvalue weighted by Crippen LogP contribution is 2.52. The van der Waals surface area contributed by atoms with Gasteiger partial charge in [0.2, 0.25) is 6.79 Å². The lowest BCUT2D eigenvalue weighted by molar-refractivity contribution is -0.140. The Morgan fingerprint density at radius 1 is 1.03 bits per heavy atom. The summed E-state index contributed by atoms with van der Waals surface area (Å²) in [6.07, 6.45) is 6.28. The molecule has 2 aromatic carbocycles. The molecule has 2 heterocycles. The Hall–Kier alpha value is -2.98. The van der Waals surface area contributed by atoms with Crippen LogP contribution in [0.5, 0.6) is 17.2 Å². The van der Waals surface area contributed by atoms with Crippen molar-refractivity contribution < 1.29 is 28.6 Å². The number of allylic oxidation sites excluding steroid dienone is 2. The molecule has 34 heavy (non-hydrogen) atoms. The third-order valence-corrected chi connectivity index (χ3v) is 7.65. The predicted octanol–water partition coefficient (Wildman–Crippen LogP) is 4.30. The molecular weight excluding hydrogens is 572 g/mol. The third-order valence-electron chi connectivity index (χ3n) is 6.60. The standard InChI is InChI=1S/C24H16Br2N2O6/c25-15-6-14(9-27-28-22(29)19-11-1-2-12(5-11)20(19)23(28)30)21(16(26)8-15)34-24(31)13-3-4-17-18(7-13)33-10-32-17/h1-4,6-9,11-12,19-20H,5,10H2/t11-,12-,19-,20+/m0/s1. The van der Waals surface area contributed by atoms with Gasteiger partial charge in [0.25, 0.3) is 11.8 Å². The van der Waals surface area contributed by atoms with Crippen molar-refractivity contribution in [1.29, 1.82) is 0 Å². The van der Waals surface area contributed by atoms with E-state index in [4.69, 9.17) is 14.2 Å². The summed E-state index contributed by atoms with van der Waals surface area (Å²) < 4.78 is 17.5. The first-order valence-corrected chi connectivity index (χ1v) is 12.2. The molecule has 6 rings (SSSR count). The monoisotopic (exact) mass is 586 g/mol. The van der Waals surface area contributed by atoms with E-state index in [0.717, 1.165) is 11.4 Å². The number of imide groups is 1. The molecule has 4 aliphatic rings. The van der Waals surface area contributed by atoms with Crippen LogP contribution in [0.4, 0.5) is 0 Å². The summed E-state index contributed by atoms with van der Waals surface area (Å²) in [5.74, 6) is -0.415. The maximum absolute atomic E-state index is 12.9. The number of nitrogens with zero attached hydrogens (tertiary/aromatic N) is 2. The average molecular weight is 588 g/mol. The Kier molecular flexibility index (Phi) is 5.11. The van der Waals surface area contributed by atoms with E-state index < -0.39 is 5.97 Å². The number of esters is 1. The summed E-state index contributed by atoms with van der Waals surface area (Å²) >= 11 is 6.83. The van der Waals surface area contributed by atoms with Gasteiger partial charge in [0.15, 0.2) is 17.2 Å². The van der Waals surface area contributed by atoms with E-state index in [2.05, 4.69) is 37.0 Å². The molecule has 0 radical (unpaired) electrons. The summed E-state index contributed by atoms with van der Waals surface area (Å²) in [6.45, 7) is 0.0971. The highest BCUT2D eigenvalue weighted by Gasteiger charge is 2.59. The van der Waals surface area contributed by atoms with Crippen LogP contribution in [0, 0.1) is 23.7 Å². The number of hydrogen-bond donors (Lipinski definition) is 0. The molecule has 1 saturated carbocycles. The predicted molar refractivity (Wildman–Crippen MR) is 127 cm³/mol. The Morgan fingerprint density at radius 2 is 1.74 bits per heavy atom. The fourth-order valence-electron chi connectivity index (χ4n) is 5.08. The van der Waals surface area contributed by atoms with Gasteiger partial charge in [-0.05, 0) is 64.5 Å². The van der Waals surface area contributed by atoms with Gasteiger partial charge in [0, 0.05) is 10.0 Å². The lowest BCUT2D eigenvalue weighted by Crippen LogP contribution is -2.28. The summed E-state index contributed by atoms with van der Waals surface area (Å²) in [7, 11) is 0. The third kappa shape index (κ3) is 3.39. The van der Waals surface area contributed by atoms with Crippen molar-refractivity contribution in [2.24, 2.45) is 28.8 Å². The molecule has 0 unspecified atom stereocenters. The number of ether oxygens (including phenoxy) is 3. The van der Waals surface area contributed by atoms with Crippen molar-refractivity contribution in [1.82, 2.24) is 5.01 Å². The van der Waals surface area contributed by atoms with Crippen LogP contribution in [0.3, 0.4) is 0 Å². The van der Waals surface area contributed by atoms with Crippen LogP contribution in [0.15, 0.2) is 56.5 Å². The first-order chi connectivity index (χ1) is 16.4. The maximum atomic E-state index is 12.9. The number of halogens is 2. The number of hydrazone groups is 1. The molecule has 4 atom stereocenters. The van der Waals surface area contributed by atoms with Crippen LogP contribution in [-0.2, 0) is 9.59 Å². The molecule has 0 spiro atoms. The number of hydrogen-bond acceptors (Lipinski definition) is 7. The summed E-state index contributed by atoms with van der Waals surface area (Å²) in [6, 6.07) is 8.18. The summed E-state index contributed by atoms with van der Waals surface area (Å²) in [5, 5.41) is 5.17. The molecule has 2 amide bonds. The minimum absolute atomic E-state index is 0.0971. The minimum atomic E-state index is -0.610. The minimum Gasteiger partial charge on any atom is -0.454 e. The van der Waals surface area contributed by atoms with Crippen molar-refractivity contribution in [3.05, 3.63) is 62.6 Å². The molecule has 172 valence electrons. The molecule has 0 aromatic heterocycles. The highest BCUT2D eigenvalue weighted by atomic mass is 79.9. The first-order valence-electron chi connectivity index (χ1n) is 10.6. The Balaban J connectivity index is 1.27. The van der Waals surface area contributed by atoms with E-state index in [1.807, 2.05) is 12.2 Å². The largest absolute Gasteiger partial charge is 0.454 e. The highest BCUT2D eigenvalue weighted by molar-refractivity contribution is 9.11. The van der Waals surface area contributed by atoms with E-state index in [1.54, 1.807) is 30.3 Å². The molecule has 2 aromatic rings. The second-order valence-corrected chi connectivity index (χ2v) is 10.3. The number of rotatable bonds is 4. The van der Waals surface area contributed by atoms with Gasteiger partial charge in [-0.2, -0.15) is 10.1 Å². The molecule has 2 bridgehead atoms. The van der Waals surface area contributed by atoms with Gasteiger partial charge in [-0.3, -0.25) is 9.59 Å². The second kappa shape index (κ2) is 8.06. The maximum Gasteiger partial charge on any atom is 0.343 e. The lowest BCUT2D eigenvalue weighted by Gasteiger charge is -2.13. The molecule has 0 N–H and O–H groups in total. The molecule has 10 heteroatoms. The van der Waals surface area contributed by atoms with Crippen LogP contribution in [0.25, 0.3) is 0 Å². The van der Waals surface area contributed by atoms with Crippen LogP contribution < -0.4 is 14.2 Å². The second-order valence-electron chi connectivity index (χ2n) is 8.50. The number of amides is 2. The summed E-state index contributed by atoms with van der Waals surface area (Å²) in [4.78, 5) is 38.7. The Labute approximate surface area is 210 Å². The molecule has 1 saturated heterocycles. The lowest BCUT2D eigenvalue weighted by atomic mass is 9.85. The molecule has 2 aliphatic carbocycles. The molecular formula is C24H16Br2N2O6. The van der Waals surface area contributed by atoms with Crippen LogP contribution in [0.2, 0.25) is 0 Å². The number of carbonyl (C=O) groups is 3. The van der Waals surface area contributed by atoms with Gasteiger partial charge in [-0.15, -0.1) is 0 Å². The van der Waals surface area contributed by atoms with Crippen molar-refractivity contribution in [2.45, 2.75) is 6.42 Å². The van der Waals surface area contributed by atoms with Crippen LogP contribution >= 0.6 is 31.9 Å².